The van der Waals surface area contributed by atoms with E-state index in [9.17, 15) is 9.59 Å². The molecule has 1 aliphatic heterocycles. The summed E-state index contributed by atoms with van der Waals surface area (Å²) in [4.78, 5) is 23.4. The van der Waals surface area contributed by atoms with Gasteiger partial charge in [0.25, 0.3) is 0 Å². The zero-order valence-electron chi connectivity index (χ0n) is 11.2. The predicted molar refractivity (Wildman–Crippen MR) is 77.2 cm³/mol. The van der Waals surface area contributed by atoms with Gasteiger partial charge in [0.15, 0.2) is 0 Å². The molecule has 0 spiro atoms. The molecule has 0 radical (unpaired) electrons. The van der Waals surface area contributed by atoms with Crippen molar-refractivity contribution in [1.82, 2.24) is 5.32 Å². The lowest BCUT2D eigenvalue weighted by atomic mass is 10.00. The van der Waals surface area contributed by atoms with Crippen molar-refractivity contribution in [2.75, 3.05) is 18.6 Å². The van der Waals surface area contributed by atoms with Crippen LogP contribution in [0.4, 0.5) is 0 Å². The average molecular weight is 295 g/mol. The van der Waals surface area contributed by atoms with Crippen molar-refractivity contribution in [3.8, 4) is 5.75 Å². The number of carboxylic acid groups (broad SMARTS) is 1. The Labute approximate surface area is 121 Å². The number of thioether (sulfide) groups is 1. The standard InChI is InChI=1S/C14H17NO4S/c1-20-7-6-11(14(17)18)15-13(16)10-8-19-12-5-3-2-4-9(10)12/h2-5,10-11H,6-8H2,1H3,(H,15,16)(H,17,18)/t10?,11-/m0/s1. The summed E-state index contributed by atoms with van der Waals surface area (Å²) in [6.45, 7) is 0.264. The summed E-state index contributed by atoms with van der Waals surface area (Å²) in [5.74, 6) is -0.330. The minimum Gasteiger partial charge on any atom is -0.492 e. The molecule has 1 amide bonds. The molecule has 6 heteroatoms. The predicted octanol–water partition coefficient (Wildman–Crippen LogP) is 1.49. The van der Waals surface area contributed by atoms with Crippen LogP contribution in [-0.2, 0) is 9.59 Å². The second kappa shape index (κ2) is 6.65. The van der Waals surface area contributed by atoms with Gasteiger partial charge in [0.1, 0.15) is 24.3 Å². The number of nitrogens with one attached hydrogen (secondary N) is 1. The van der Waals surface area contributed by atoms with Gasteiger partial charge in [-0.3, -0.25) is 4.79 Å². The van der Waals surface area contributed by atoms with Crippen molar-refractivity contribution in [3.05, 3.63) is 29.8 Å². The van der Waals surface area contributed by atoms with E-state index >= 15 is 0 Å². The van der Waals surface area contributed by atoms with Gasteiger partial charge in [0.2, 0.25) is 5.91 Å². The average Bonchev–Trinajstić information content (AvgIpc) is 2.87. The number of amides is 1. The number of carbonyl (C=O) groups is 2. The lowest BCUT2D eigenvalue weighted by molar-refractivity contribution is -0.142. The number of ether oxygens (including phenoxy) is 1. The van der Waals surface area contributed by atoms with E-state index in [1.54, 1.807) is 11.8 Å². The van der Waals surface area contributed by atoms with E-state index in [0.29, 0.717) is 17.9 Å². The van der Waals surface area contributed by atoms with Crippen molar-refractivity contribution in [2.45, 2.75) is 18.4 Å². The molecule has 0 fully saturated rings. The fourth-order valence-electron chi connectivity index (χ4n) is 2.15. The van der Waals surface area contributed by atoms with Gasteiger partial charge in [-0.2, -0.15) is 11.8 Å². The molecule has 108 valence electrons. The van der Waals surface area contributed by atoms with Crippen LogP contribution in [-0.4, -0.2) is 41.6 Å². The maximum absolute atomic E-state index is 12.2. The van der Waals surface area contributed by atoms with E-state index < -0.39 is 17.9 Å². The molecule has 0 aromatic heterocycles. The number of para-hydroxylation sites is 1. The summed E-state index contributed by atoms with van der Waals surface area (Å²) >= 11 is 1.56. The van der Waals surface area contributed by atoms with E-state index in [-0.39, 0.29) is 12.5 Å². The van der Waals surface area contributed by atoms with E-state index in [2.05, 4.69) is 5.32 Å². The van der Waals surface area contributed by atoms with Gasteiger partial charge in [-0.15, -0.1) is 0 Å². The van der Waals surface area contributed by atoms with Crippen molar-refractivity contribution in [3.63, 3.8) is 0 Å². The number of rotatable bonds is 6. The van der Waals surface area contributed by atoms with Crippen LogP contribution in [0, 0.1) is 0 Å². The van der Waals surface area contributed by atoms with E-state index in [0.717, 1.165) is 5.56 Å². The van der Waals surface area contributed by atoms with Gasteiger partial charge in [-0.05, 0) is 24.5 Å². The summed E-state index contributed by atoms with van der Waals surface area (Å²) < 4.78 is 5.44. The molecule has 1 heterocycles. The molecule has 1 aliphatic rings. The highest BCUT2D eigenvalue weighted by Crippen LogP contribution is 2.33. The van der Waals surface area contributed by atoms with Crippen molar-refractivity contribution in [1.29, 1.82) is 0 Å². The zero-order valence-corrected chi connectivity index (χ0v) is 12.0. The van der Waals surface area contributed by atoms with Crippen LogP contribution in [0.2, 0.25) is 0 Å². The van der Waals surface area contributed by atoms with Gasteiger partial charge in [-0.1, -0.05) is 18.2 Å². The molecular formula is C14H17NO4S. The number of hydrogen-bond acceptors (Lipinski definition) is 4. The minimum absolute atomic E-state index is 0.264. The highest BCUT2D eigenvalue weighted by Gasteiger charge is 2.32. The van der Waals surface area contributed by atoms with Crippen LogP contribution in [0.3, 0.4) is 0 Å². The molecule has 2 N–H and O–H groups in total. The number of aliphatic carboxylic acids is 1. The number of benzene rings is 1. The Hall–Kier alpha value is -1.69. The summed E-state index contributed by atoms with van der Waals surface area (Å²) in [7, 11) is 0. The Balaban J connectivity index is 2.03. The normalized spacial score (nSPS) is 17.9. The van der Waals surface area contributed by atoms with Crippen molar-refractivity contribution < 1.29 is 19.4 Å². The molecule has 5 nitrogen and oxygen atoms in total. The minimum atomic E-state index is -1.00. The fourth-order valence-corrected chi connectivity index (χ4v) is 2.62. The van der Waals surface area contributed by atoms with Gasteiger partial charge in [0, 0.05) is 5.56 Å². The number of hydrogen-bond donors (Lipinski definition) is 2. The summed E-state index contributed by atoms with van der Waals surface area (Å²) in [5.41, 5.74) is 0.819. The SMILES string of the molecule is CSCC[C@H](NC(=O)C1COc2ccccc21)C(=O)O. The smallest absolute Gasteiger partial charge is 0.326 e. The number of fused-ring (bicyclic) bond motifs is 1. The lowest BCUT2D eigenvalue weighted by Crippen LogP contribution is -2.43. The Bertz CT molecular complexity index is 506. The highest BCUT2D eigenvalue weighted by atomic mass is 32.2. The lowest BCUT2D eigenvalue weighted by Gasteiger charge is -2.16. The van der Waals surface area contributed by atoms with Crippen molar-refractivity contribution in [2.24, 2.45) is 0 Å². The molecular weight excluding hydrogens is 278 g/mol. The zero-order chi connectivity index (χ0) is 14.5. The molecule has 0 bridgehead atoms. The maximum Gasteiger partial charge on any atom is 0.326 e. The monoisotopic (exact) mass is 295 g/mol. The van der Waals surface area contributed by atoms with Crippen LogP contribution in [0.1, 0.15) is 17.9 Å². The molecule has 20 heavy (non-hydrogen) atoms. The van der Waals surface area contributed by atoms with Gasteiger partial charge < -0.3 is 15.2 Å². The third-order valence-electron chi connectivity index (χ3n) is 3.24. The molecule has 0 aliphatic carbocycles. The van der Waals surface area contributed by atoms with E-state index in [1.807, 2.05) is 30.5 Å². The highest BCUT2D eigenvalue weighted by molar-refractivity contribution is 7.98. The van der Waals surface area contributed by atoms with E-state index in [1.165, 1.54) is 0 Å². The first-order valence-electron chi connectivity index (χ1n) is 6.37. The fraction of sp³-hybridized carbons (Fsp3) is 0.429. The van der Waals surface area contributed by atoms with Crippen molar-refractivity contribution >= 4 is 23.6 Å². The third-order valence-corrected chi connectivity index (χ3v) is 3.89. The van der Waals surface area contributed by atoms with Crippen LogP contribution in [0.5, 0.6) is 5.75 Å². The molecule has 1 aromatic carbocycles. The first-order valence-corrected chi connectivity index (χ1v) is 7.76. The van der Waals surface area contributed by atoms with Crippen LogP contribution in [0.25, 0.3) is 0 Å². The second-order valence-electron chi connectivity index (χ2n) is 4.58. The molecule has 0 saturated carbocycles. The summed E-state index contributed by atoms with van der Waals surface area (Å²) in [6.07, 6.45) is 2.32. The molecule has 0 saturated heterocycles. The quantitative estimate of drug-likeness (QED) is 0.831. The van der Waals surface area contributed by atoms with Crippen LogP contribution >= 0.6 is 11.8 Å². The van der Waals surface area contributed by atoms with Gasteiger partial charge >= 0.3 is 5.97 Å². The Morgan fingerprint density at radius 2 is 2.25 bits per heavy atom. The second-order valence-corrected chi connectivity index (χ2v) is 5.57. The molecule has 1 unspecified atom stereocenters. The largest absolute Gasteiger partial charge is 0.492 e. The summed E-state index contributed by atoms with van der Waals surface area (Å²) in [6, 6.07) is 6.49. The Morgan fingerprint density at radius 1 is 1.50 bits per heavy atom. The number of carbonyl (C=O) groups excluding carboxylic acids is 1. The maximum atomic E-state index is 12.2. The molecule has 1 aromatic rings. The molecule has 2 atom stereocenters. The Morgan fingerprint density at radius 3 is 2.95 bits per heavy atom. The van der Waals surface area contributed by atoms with E-state index in [4.69, 9.17) is 9.84 Å². The van der Waals surface area contributed by atoms with Gasteiger partial charge in [-0.25, -0.2) is 4.79 Å². The van der Waals surface area contributed by atoms with Crippen LogP contribution in [0.15, 0.2) is 24.3 Å². The van der Waals surface area contributed by atoms with Gasteiger partial charge in [0.05, 0.1) is 0 Å². The topological polar surface area (TPSA) is 75.6 Å². The Kier molecular flexibility index (Phi) is 4.89. The first-order chi connectivity index (χ1) is 9.63. The summed E-state index contributed by atoms with van der Waals surface area (Å²) in [5, 5.41) is 11.7. The van der Waals surface area contributed by atoms with Crippen LogP contribution < -0.4 is 10.1 Å². The third kappa shape index (κ3) is 3.25. The number of carboxylic acids is 1. The molecule has 2 rings (SSSR count). The first kappa shape index (κ1) is 14.7.